The molecule has 114 valence electrons. The zero-order chi connectivity index (χ0) is 15.2. The highest BCUT2D eigenvalue weighted by Crippen LogP contribution is 2.35. The van der Waals surface area contributed by atoms with Crippen LogP contribution in [0.3, 0.4) is 0 Å². The van der Waals surface area contributed by atoms with E-state index >= 15 is 0 Å². The van der Waals surface area contributed by atoms with Gasteiger partial charge in [-0.05, 0) is 44.9 Å². The Morgan fingerprint density at radius 1 is 1.38 bits per heavy atom. The Balaban J connectivity index is 1.66. The Bertz CT molecular complexity index is 548. The number of piperidine rings is 1. The normalized spacial score (nSPS) is 24.6. The Labute approximate surface area is 129 Å². The van der Waals surface area contributed by atoms with Crippen molar-refractivity contribution in [2.24, 2.45) is 0 Å². The summed E-state index contributed by atoms with van der Waals surface area (Å²) >= 11 is 5.83. The fourth-order valence-electron chi connectivity index (χ4n) is 2.91. The molecule has 3 saturated heterocycles. The topological polar surface area (TPSA) is 58.6 Å². The second-order valence-corrected chi connectivity index (χ2v) is 6.86. The van der Waals surface area contributed by atoms with Gasteiger partial charge in [0.15, 0.2) is 0 Å². The third-order valence-electron chi connectivity index (χ3n) is 3.73. The zero-order valence-corrected chi connectivity index (χ0v) is 13.2. The second kappa shape index (κ2) is 5.02. The minimum atomic E-state index is -0.458. The van der Waals surface area contributed by atoms with Crippen molar-refractivity contribution in [3.8, 4) is 0 Å². The second-order valence-electron chi connectivity index (χ2n) is 6.52. The largest absolute Gasteiger partial charge is 0.444 e. The van der Waals surface area contributed by atoms with Crippen LogP contribution in [0.5, 0.6) is 0 Å². The van der Waals surface area contributed by atoms with Gasteiger partial charge in [-0.25, -0.2) is 14.8 Å². The zero-order valence-electron chi connectivity index (χ0n) is 12.4. The molecule has 7 heteroatoms. The van der Waals surface area contributed by atoms with Crippen LogP contribution in [-0.2, 0) is 4.74 Å². The molecular weight excluding hydrogens is 292 g/mol. The molecule has 1 amide bonds. The smallest absolute Gasteiger partial charge is 0.410 e. The van der Waals surface area contributed by atoms with Gasteiger partial charge in [0.2, 0.25) is 5.28 Å². The molecule has 4 heterocycles. The lowest BCUT2D eigenvalue weighted by atomic mass is 9.88. The van der Waals surface area contributed by atoms with Crippen LogP contribution in [0.1, 0.15) is 27.2 Å². The first-order valence-electron chi connectivity index (χ1n) is 7.08. The monoisotopic (exact) mass is 310 g/mol. The number of piperazine rings is 1. The highest BCUT2D eigenvalue weighted by molar-refractivity contribution is 6.28. The average molecular weight is 311 g/mol. The number of amides is 1. The lowest BCUT2D eigenvalue weighted by Crippen LogP contribution is -2.70. The van der Waals surface area contributed by atoms with Crippen LogP contribution in [0.15, 0.2) is 12.3 Å². The van der Waals surface area contributed by atoms with E-state index in [0.717, 1.165) is 25.3 Å². The summed E-state index contributed by atoms with van der Waals surface area (Å²) < 4.78 is 5.46. The van der Waals surface area contributed by atoms with E-state index in [4.69, 9.17) is 16.3 Å². The number of halogens is 1. The Kier molecular flexibility index (Phi) is 3.43. The van der Waals surface area contributed by atoms with Crippen molar-refractivity contribution in [3.63, 3.8) is 0 Å². The Morgan fingerprint density at radius 3 is 2.62 bits per heavy atom. The molecule has 1 aromatic heterocycles. The lowest BCUT2D eigenvalue weighted by Gasteiger charge is -2.56. The van der Waals surface area contributed by atoms with Gasteiger partial charge in [-0.1, -0.05) is 0 Å². The maximum absolute atomic E-state index is 12.2. The molecule has 0 aromatic carbocycles. The van der Waals surface area contributed by atoms with E-state index in [1.807, 2.05) is 31.7 Å². The van der Waals surface area contributed by atoms with Gasteiger partial charge in [-0.2, -0.15) is 0 Å². The SMILES string of the molecule is CC(C)(C)OC(=O)N1C2CC1CN(c1ccnc(Cl)n1)C2. The number of fused-ring (bicyclic) bond motifs is 2. The molecule has 3 aliphatic heterocycles. The van der Waals surface area contributed by atoms with Gasteiger partial charge in [-0.15, -0.1) is 0 Å². The summed E-state index contributed by atoms with van der Waals surface area (Å²) in [5.41, 5.74) is -0.458. The molecule has 0 saturated carbocycles. The van der Waals surface area contributed by atoms with E-state index in [1.54, 1.807) is 6.20 Å². The first-order valence-corrected chi connectivity index (χ1v) is 7.46. The number of aromatic nitrogens is 2. The highest BCUT2D eigenvalue weighted by atomic mass is 35.5. The summed E-state index contributed by atoms with van der Waals surface area (Å²) in [7, 11) is 0. The molecule has 4 rings (SSSR count). The molecule has 3 aliphatic rings. The molecule has 0 N–H and O–H groups in total. The third kappa shape index (κ3) is 2.90. The van der Waals surface area contributed by atoms with Crippen molar-refractivity contribution in [1.82, 2.24) is 14.9 Å². The summed E-state index contributed by atoms with van der Waals surface area (Å²) in [6.07, 6.45) is 2.45. The summed E-state index contributed by atoms with van der Waals surface area (Å²) in [4.78, 5) is 24.3. The van der Waals surface area contributed by atoms with Gasteiger partial charge in [-0.3, -0.25) is 4.90 Å². The van der Waals surface area contributed by atoms with Crippen molar-refractivity contribution >= 4 is 23.5 Å². The van der Waals surface area contributed by atoms with Crippen LogP contribution in [0, 0.1) is 0 Å². The van der Waals surface area contributed by atoms with E-state index in [9.17, 15) is 4.79 Å². The molecule has 2 bridgehead atoms. The Morgan fingerprint density at radius 2 is 2.05 bits per heavy atom. The summed E-state index contributed by atoms with van der Waals surface area (Å²) in [6.45, 7) is 7.16. The molecule has 2 atom stereocenters. The van der Waals surface area contributed by atoms with Crippen LogP contribution >= 0.6 is 11.6 Å². The number of nitrogens with zero attached hydrogens (tertiary/aromatic N) is 4. The molecule has 21 heavy (non-hydrogen) atoms. The van der Waals surface area contributed by atoms with Crippen molar-refractivity contribution in [2.75, 3.05) is 18.0 Å². The van der Waals surface area contributed by atoms with E-state index in [1.165, 1.54) is 0 Å². The summed E-state index contributed by atoms with van der Waals surface area (Å²) in [6, 6.07) is 2.22. The molecule has 0 spiro atoms. The number of anilines is 1. The standard InChI is InChI=1S/C14H19ClN4O2/c1-14(2,3)21-13(20)19-9-6-10(19)8-18(7-9)11-4-5-16-12(15)17-11/h4-5,9-10H,6-8H2,1-3H3. The van der Waals surface area contributed by atoms with E-state index in [0.29, 0.717) is 0 Å². The first kappa shape index (κ1) is 14.4. The number of hydrogen-bond acceptors (Lipinski definition) is 5. The van der Waals surface area contributed by atoms with Crippen LogP contribution in [0.4, 0.5) is 10.6 Å². The number of carbonyl (C=O) groups excluding carboxylic acids is 1. The number of carbonyl (C=O) groups is 1. The predicted molar refractivity (Wildman–Crippen MR) is 79.5 cm³/mol. The van der Waals surface area contributed by atoms with Crippen LogP contribution in [-0.4, -0.2) is 51.7 Å². The summed E-state index contributed by atoms with van der Waals surface area (Å²) in [5, 5.41) is 0.246. The minimum absolute atomic E-state index is 0.187. The van der Waals surface area contributed by atoms with Gasteiger partial charge in [0.25, 0.3) is 0 Å². The maximum atomic E-state index is 12.2. The number of ether oxygens (including phenoxy) is 1. The van der Waals surface area contributed by atoms with Crippen LogP contribution < -0.4 is 4.90 Å². The van der Waals surface area contributed by atoms with Crippen molar-refractivity contribution in [1.29, 1.82) is 0 Å². The first-order chi connectivity index (χ1) is 9.83. The van der Waals surface area contributed by atoms with Gasteiger partial charge < -0.3 is 9.64 Å². The third-order valence-corrected chi connectivity index (χ3v) is 3.92. The fraction of sp³-hybridized carbons (Fsp3) is 0.643. The van der Waals surface area contributed by atoms with E-state index < -0.39 is 5.60 Å². The number of hydrogen-bond donors (Lipinski definition) is 0. The minimum Gasteiger partial charge on any atom is -0.444 e. The van der Waals surface area contributed by atoms with Crippen LogP contribution in [0.2, 0.25) is 5.28 Å². The van der Waals surface area contributed by atoms with Gasteiger partial charge in [0.1, 0.15) is 11.4 Å². The fourth-order valence-corrected chi connectivity index (χ4v) is 3.05. The van der Waals surface area contributed by atoms with Crippen molar-refractivity contribution < 1.29 is 9.53 Å². The number of rotatable bonds is 1. The highest BCUT2D eigenvalue weighted by Gasteiger charge is 2.49. The maximum Gasteiger partial charge on any atom is 0.410 e. The molecule has 6 nitrogen and oxygen atoms in total. The Hall–Kier alpha value is -1.56. The molecular formula is C14H19ClN4O2. The molecule has 1 aromatic rings. The van der Waals surface area contributed by atoms with E-state index in [2.05, 4.69) is 14.9 Å². The average Bonchev–Trinajstić information content (AvgIpc) is 2.36. The van der Waals surface area contributed by atoms with E-state index in [-0.39, 0.29) is 23.5 Å². The molecule has 0 radical (unpaired) electrons. The predicted octanol–water partition coefficient (Wildman–Crippen LogP) is 2.33. The summed E-state index contributed by atoms with van der Waals surface area (Å²) in [5.74, 6) is 0.813. The lowest BCUT2D eigenvalue weighted by molar-refractivity contribution is -0.0380. The molecule has 3 fully saturated rings. The molecule has 2 unspecified atom stereocenters. The van der Waals surface area contributed by atoms with Crippen molar-refractivity contribution in [3.05, 3.63) is 17.5 Å². The van der Waals surface area contributed by atoms with Gasteiger partial charge >= 0.3 is 6.09 Å². The van der Waals surface area contributed by atoms with Gasteiger partial charge in [0, 0.05) is 19.3 Å². The van der Waals surface area contributed by atoms with Crippen LogP contribution in [0.25, 0.3) is 0 Å². The van der Waals surface area contributed by atoms with Gasteiger partial charge in [0.05, 0.1) is 12.1 Å². The molecule has 0 aliphatic carbocycles. The van der Waals surface area contributed by atoms with Crippen molar-refractivity contribution in [2.45, 2.75) is 44.9 Å². The quantitative estimate of drug-likeness (QED) is 0.745.